The third kappa shape index (κ3) is 2.85. The van der Waals surface area contributed by atoms with Gasteiger partial charge in [0.05, 0.1) is 10.6 Å². The Kier molecular flexibility index (Phi) is 5.44. The maximum Gasteiger partial charge on any atom is 0.336 e. The van der Waals surface area contributed by atoms with E-state index in [-0.39, 0.29) is 24.5 Å². The fraction of sp³-hybridized carbons (Fsp3) is 0.125. The van der Waals surface area contributed by atoms with Crippen molar-refractivity contribution in [1.29, 1.82) is 0 Å². The third-order valence-corrected chi connectivity index (χ3v) is 2.79. The molecule has 0 radical (unpaired) electrons. The Morgan fingerprint density at radius 2 is 2.14 bits per heavy atom. The van der Waals surface area contributed by atoms with Crippen LogP contribution in [0.1, 0.15) is 15.9 Å². The van der Waals surface area contributed by atoms with Crippen LogP contribution in [0.3, 0.4) is 0 Å². The molecule has 0 aliphatic heterocycles. The van der Waals surface area contributed by atoms with Gasteiger partial charge >= 0.3 is 5.97 Å². The van der Waals surface area contributed by atoms with E-state index in [9.17, 15) is 4.79 Å². The zero-order valence-electron chi connectivity index (χ0n) is 6.96. The molecule has 0 atom stereocenters. The standard InChI is InChI=1S/C8H7BrClNO2.ClH/c9-6-1-4(3-11)5(8(12)13)2-7(6)10;/h1-2H,3,11H2,(H,12,13);1H. The van der Waals surface area contributed by atoms with E-state index in [1.165, 1.54) is 6.07 Å². The van der Waals surface area contributed by atoms with Crippen molar-refractivity contribution in [1.82, 2.24) is 0 Å². The minimum Gasteiger partial charge on any atom is -0.478 e. The van der Waals surface area contributed by atoms with E-state index < -0.39 is 5.97 Å². The Morgan fingerprint density at radius 3 is 2.57 bits per heavy atom. The lowest BCUT2D eigenvalue weighted by atomic mass is 10.1. The highest BCUT2D eigenvalue weighted by Gasteiger charge is 2.11. The maximum atomic E-state index is 10.7. The number of rotatable bonds is 2. The molecule has 1 rings (SSSR count). The first-order valence-corrected chi connectivity index (χ1v) is 4.64. The Hall–Kier alpha value is -0.290. The van der Waals surface area contributed by atoms with Crippen LogP contribution >= 0.6 is 39.9 Å². The molecule has 0 amide bonds. The van der Waals surface area contributed by atoms with Gasteiger partial charge in [-0.2, -0.15) is 0 Å². The molecule has 0 saturated carbocycles. The van der Waals surface area contributed by atoms with Crippen molar-refractivity contribution in [3.8, 4) is 0 Å². The molecule has 6 heteroatoms. The molecule has 0 aromatic heterocycles. The zero-order chi connectivity index (χ0) is 10.0. The second-order valence-corrected chi connectivity index (χ2v) is 3.69. The predicted octanol–water partition coefficient (Wildman–Crippen LogP) is 2.68. The topological polar surface area (TPSA) is 63.3 Å². The lowest BCUT2D eigenvalue weighted by Crippen LogP contribution is -2.06. The molecule has 14 heavy (non-hydrogen) atoms. The van der Waals surface area contributed by atoms with Crippen molar-refractivity contribution in [2.45, 2.75) is 6.54 Å². The molecule has 0 heterocycles. The largest absolute Gasteiger partial charge is 0.478 e. The highest BCUT2D eigenvalue weighted by molar-refractivity contribution is 9.10. The quantitative estimate of drug-likeness (QED) is 0.882. The van der Waals surface area contributed by atoms with E-state index in [2.05, 4.69) is 15.9 Å². The van der Waals surface area contributed by atoms with Gasteiger partial charge in [0.15, 0.2) is 0 Å². The molecule has 1 aromatic rings. The van der Waals surface area contributed by atoms with E-state index in [4.69, 9.17) is 22.4 Å². The molecule has 0 unspecified atom stereocenters. The molecule has 0 spiro atoms. The van der Waals surface area contributed by atoms with Crippen LogP contribution in [-0.2, 0) is 6.54 Å². The van der Waals surface area contributed by atoms with Crippen molar-refractivity contribution in [3.05, 3.63) is 32.8 Å². The van der Waals surface area contributed by atoms with E-state index in [0.29, 0.717) is 15.1 Å². The molecule has 3 N–H and O–H groups in total. The number of halogens is 3. The van der Waals surface area contributed by atoms with Crippen LogP contribution in [0.15, 0.2) is 16.6 Å². The van der Waals surface area contributed by atoms with E-state index in [0.717, 1.165) is 0 Å². The number of aromatic carboxylic acids is 1. The Morgan fingerprint density at radius 1 is 1.57 bits per heavy atom. The van der Waals surface area contributed by atoms with Crippen molar-refractivity contribution in [2.75, 3.05) is 0 Å². The second-order valence-electron chi connectivity index (χ2n) is 2.43. The van der Waals surface area contributed by atoms with E-state index in [1.54, 1.807) is 6.07 Å². The maximum absolute atomic E-state index is 10.7. The summed E-state index contributed by atoms with van der Waals surface area (Å²) >= 11 is 8.93. The summed E-state index contributed by atoms with van der Waals surface area (Å²) < 4.78 is 0.652. The summed E-state index contributed by atoms with van der Waals surface area (Å²) in [5.41, 5.74) is 6.09. The van der Waals surface area contributed by atoms with Gasteiger partial charge in [0.1, 0.15) is 0 Å². The van der Waals surface area contributed by atoms with Gasteiger partial charge in [-0.1, -0.05) is 11.6 Å². The van der Waals surface area contributed by atoms with Crippen LogP contribution in [0.4, 0.5) is 0 Å². The fourth-order valence-electron chi connectivity index (χ4n) is 0.956. The van der Waals surface area contributed by atoms with Crippen molar-refractivity contribution >= 4 is 45.9 Å². The third-order valence-electron chi connectivity index (χ3n) is 1.60. The van der Waals surface area contributed by atoms with Gasteiger partial charge in [-0.25, -0.2) is 4.79 Å². The molecular weight excluding hydrogens is 293 g/mol. The molecule has 0 saturated heterocycles. The van der Waals surface area contributed by atoms with Crippen LogP contribution < -0.4 is 5.73 Å². The predicted molar refractivity (Wildman–Crippen MR) is 61.3 cm³/mol. The molecule has 78 valence electrons. The molecular formula is C8H8BrCl2NO2. The number of hydrogen-bond acceptors (Lipinski definition) is 2. The van der Waals surface area contributed by atoms with Gasteiger partial charge in [0.25, 0.3) is 0 Å². The Balaban J connectivity index is 0.00000169. The normalized spacial score (nSPS) is 9.36. The number of carbonyl (C=O) groups is 1. The van der Waals surface area contributed by atoms with Crippen LogP contribution in [0.5, 0.6) is 0 Å². The summed E-state index contributed by atoms with van der Waals surface area (Å²) in [4.78, 5) is 10.7. The average Bonchev–Trinajstić information content (AvgIpc) is 2.08. The lowest BCUT2D eigenvalue weighted by molar-refractivity contribution is 0.0695. The van der Waals surface area contributed by atoms with Crippen LogP contribution in [0.2, 0.25) is 5.02 Å². The first kappa shape index (κ1) is 13.7. The molecule has 0 bridgehead atoms. The van der Waals surface area contributed by atoms with Gasteiger partial charge in [-0.3, -0.25) is 0 Å². The first-order chi connectivity index (χ1) is 6.06. The van der Waals surface area contributed by atoms with Gasteiger partial charge in [-0.05, 0) is 33.6 Å². The zero-order valence-corrected chi connectivity index (χ0v) is 10.1. The number of nitrogens with two attached hydrogens (primary N) is 1. The average molecular weight is 301 g/mol. The summed E-state index contributed by atoms with van der Waals surface area (Å²) in [7, 11) is 0. The Bertz CT molecular complexity index is 357. The second kappa shape index (κ2) is 5.56. The van der Waals surface area contributed by atoms with Crippen molar-refractivity contribution in [3.63, 3.8) is 0 Å². The summed E-state index contributed by atoms with van der Waals surface area (Å²) in [6, 6.07) is 3.00. The lowest BCUT2D eigenvalue weighted by Gasteiger charge is -2.05. The van der Waals surface area contributed by atoms with Crippen molar-refractivity contribution < 1.29 is 9.90 Å². The summed E-state index contributed by atoms with van der Waals surface area (Å²) in [5.74, 6) is -1.02. The van der Waals surface area contributed by atoms with Crippen molar-refractivity contribution in [2.24, 2.45) is 5.73 Å². The van der Waals surface area contributed by atoms with Gasteiger partial charge in [0, 0.05) is 11.0 Å². The Labute approximate surface area is 101 Å². The summed E-state index contributed by atoms with van der Waals surface area (Å²) in [5, 5.41) is 9.15. The molecule has 0 aliphatic carbocycles. The summed E-state index contributed by atoms with van der Waals surface area (Å²) in [6.07, 6.45) is 0. The van der Waals surface area contributed by atoms with E-state index in [1.807, 2.05) is 0 Å². The molecule has 0 aliphatic rings. The number of carboxylic acid groups (broad SMARTS) is 1. The van der Waals surface area contributed by atoms with Gasteiger partial charge < -0.3 is 10.8 Å². The minimum atomic E-state index is -1.02. The van der Waals surface area contributed by atoms with Crippen LogP contribution in [-0.4, -0.2) is 11.1 Å². The molecule has 3 nitrogen and oxygen atoms in total. The SMILES string of the molecule is Cl.NCc1cc(Br)c(Cl)cc1C(=O)O. The first-order valence-electron chi connectivity index (χ1n) is 3.47. The van der Waals surface area contributed by atoms with Gasteiger partial charge in [0.2, 0.25) is 0 Å². The van der Waals surface area contributed by atoms with Crippen LogP contribution in [0, 0.1) is 0 Å². The minimum absolute atomic E-state index is 0. The highest BCUT2D eigenvalue weighted by Crippen LogP contribution is 2.26. The highest BCUT2D eigenvalue weighted by atomic mass is 79.9. The van der Waals surface area contributed by atoms with Gasteiger partial charge in [-0.15, -0.1) is 12.4 Å². The number of hydrogen-bond donors (Lipinski definition) is 2. The molecule has 1 aromatic carbocycles. The summed E-state index contributed by atoms with van der Waals surface area (Å²) in [6.45, 7) is 0.178. The molecule has 0 fully saturated rings. The van der Waals surface area contributed by atoms with E-state index >= 15 is 0 Å². The fourth-order valence-corrected chi connectivity index (χ4v) is 1.51. The monoisotopic (exact) mass is 299 g/mol. The number of carboxylic acids is 1. The smallest absolute Gasteiger partial charge is 0.336 e. The van der Waals surface area contributed by atoms with Crippen LogP contribution in [0.25, 0.3) is 0 Å². The number of benzene rings is 1.